The standard InChI is InChI=1S/C14H20Cl2N2O/c1-2-18(12-5-6-17-10-12)7-8-19-14-4-3-11(15)9-13(14)16/h3-4,9,12,17H,2,5-8,10H2,1H3. The number of likely N-dealkylation sites (N-methyl/N-ethyl adjacent to an activating group) is 1. The number of nitrogens with one attached hydrogen (secondary N) is 1. The summed E-state index contributed by atoms with van der Waals surface area (Å²) < 4.78 is 5.73. The Morgan fingerprint density at radius 2 is 2.26 bits per heavy atom. The molecule has 0 radical (unpaired) electrons. The molecule has 1 aliphatic rings. The summed E-state index contributed by atoms with van der Waals surface area (Å²) in [4.78, 5) is 2.45. The van der Waals surface area contributed by atoms with Crippen LogP contribution in [0, 0.1) is 0 Å². The maximum atomic E-state index is 6.07. The molecule has 0 bridgehead atoms. The van der Waals surface area contributed by atoms with Crippen LogP contribution in [-0.2, 0) is 0 Å². The second-order valence-corrected chi connectivity index (χ2v) is 5.54. The fourth-order valence-corrected chi connectivity index (χ4v) is 2.88. The van der Waals surface area contributed by atoms with E-state index in [4.69, 9.17) is 27.9 Å². The summed E-state index contributed by atoms with van der Waals surface area (Å²) >= 11 is 11.9. The van der Waals surface area contributed by atoms with Crippen LogP contribution in [0.1, 0.15) is 13.3 Å². The maximum absolute atomic E-state index is 6.07. The average Bonchev–Trinajstić information content (AvgIpc) is 2.90. The fourth-order valence-electron chi connectivity index (χ4n) is 2.42. The molecule has 3 nitrogen and oxygen atoms in total. The predicted molar refractivity (Wildman–Crippen MR) is 80.5 cm³/mol. The van der Waals surface area contributed by atoms with E-state index >= 15 is 0 Å². The minimum Gasteiger partial charge on any atom is -0.491 e. The Morgan fingerprint density at radius 3 is 2.89 bits per heavy atom. The lowest BCUT2D eigenvalue weighted by Crippen LogP contribution is -2.39. The van der Waals surface area contributed by atoms with Gasteiger partial charge in [-0.3, -0.25) is 4.90 Å². The number of rotatable bonds is 6. The minimum absolute atomic E-state index is 0.568. The summed E-state index contributed by atoms with van der Waals surface area (Å²) in [7, 11) is 0. The van der Waals surface area contributed by atoms with Crippen molar-refractivity contribution in [1.29, 1.82) is 0 Å². The third-order valence-corrected chi connectivity index (χ3v) is 4.02. The molecule has 1 unspecified atom stereocenters. The molecule has 1 saturated heterocycles. The first-order valence-electron chi connectivity index (χ1n) is 6.73. The Morgan fingerprint density at radius 1 is 1.42 bits per heavy atom. The van der Waals surface area contributed by atoms with Crippen LogP contribution >= 0.6 is 23.2 Å². The van der Waals surface area contributed by atoms with Crippen LogP contribution in [0.5, 0.6) is 5.75 Å². The molecular formula is C14H20Cl2N2O. The lowest BCUT2D eigenvalue weighted by atomic mass is 10.2. The maximum Gasteiger partial charge on any atom is 0.138 e. The predicted octanol–water partition coefficient (Wildman–Crippen LogP) is 3.06. The summed E-state index contributed by atoms with van der Waals surface area (Å²) in [5.41, 5.74) is 0. The van der Waals surface area contributed by atoms with Crippen molar-refractivity contribution < 1.29 is 4.74 Å². The van der Waals surface area contributed by atoms with Gasteiger partial charge in [-0.05, 0) is 37.7 Å². The van der Waals surface area contributed by atoms with Gasteiger partial charge < -0.3 is 10.1 Å². The van der Waals surface area contributed by atoms with E-state index in [1.165, 1.54) is 6.42 Å². The van der Waals surface area contributed by atoms with Gasteiger partial charge in [0, 0.05) is 24.2 Å². The molecule has 1 heterocycles. The van der Waals surface area contributed by atoms with Gasteiger partial charge in [0.1, 0.15) is 12.4 Å². The zero-order valence-electron chi connectivity index (χ0n) is 11.2. The largest absolute Gasteiger partial charge is 0.491 e. The van der Waals surface area contributed by atoms with E-state index in [0.717, 1.165) is 26.2 Å². The van der Waals surface area contributed by atoms with Crippen molar-refractivity contribution in [2.45, 2.75) is 19.4 Å². The summed E-state index contributed by atoms with van der Waals surface area (Å²) in [6.07, 6.45) is 1.22. The lowest BCUT2D eigenvalue weighted by molar-refractivity contribution is 0.174. The third kappa shape index (κ3) is 4.25. The first-order valence-corrected chi connectivity index (χ1v) is 7.49. The zero-order valence-corrected chi connectivity index (χ0v) is 12.7. The second-order valence-electron chi connectivity index (χ2n) is 4.70. The van der Waals surface area contributed by atoms with Crippen molar-refractivity contribution >= 4 is 23.2 Å². The SMILES string of the molecule is CCN(CCOc1ccc(Cl)cc1Cl)C1CCNC1. The van der Waals surface area contributed by atoms with Crippen LogP contribution < -0.4 is 10.1 Å². The molecule has 1 aromatic rings. The summed E-state index contributed by atoms with van der Waals surface area (Å²) in [6, 6.07) is 5.95. The van der Waals surface area contributed by atoms with E-state index in [-0.39, 0.29) is 0 Å². The van der Waals surface area contributed by atoms with Gasteiger partial charge >= 0.3 is 0 Å². The molecule has 19 heavy (non-hydrogen) atoms. The highest BCUT2D eigenvalue weighted by Gasteiger charge is 2.20. The van der Waals surface area contributed by atoms with Crippen LogP contribution in [0.2, 0.25) is 10.0 Å². The molecule has 1 aliphatic heterocycles. The van der Waals surface area contributed by atoms with Crippen molar-refractivity contribution in [3.63, 3.8) is 0 Å². The van der Waals surface area contributed by atoms with E-state index < -0.39 is 0 Å². The van der Waals surface area contributed by atoms with Gasteiger partial charge in [0.2, 0.25) is 0 Å². The van der Waals surface area contributed by atoms with E-state index in [0.29, 0.717) is 28.4 Å². The lowest BCUT2D eigenvalue weighted by Gasteiger charge is -2.26. The van der Waals surface area contributed by atoms with Crippen LogP contribution in [0.3, 0.4) is 0 Å². The average molecular weight is 303 g/mol. The van der Waals surface area contributed by atoms with Crippen LogP contribution in [0.25, 0.3) is 0 Å². The summed E-state index contributed by atoms with van der Waals surface area (Å²) in [6.45, 7) is 6.99. The van der Waals surface area contributed by atoms with E-state index in [1.807, 2.05) is 6.07 Å². The molecular weight excluding hydrogens is 283 g/mol. The van der Waals surface area contributed by atoms with Gasteiger partial charge in [0.05, 0.1) is 5.02 Å². The molecule has 1 fully saturated rings. The molecule has 1 atom stereocenters. The Kier molecular flexibility index (Phi) is 5.76. The Balaban J connectivity index is 1.81. The molecule has 0 saturated carbocycles. The smallest absolute Gasteiger partial charge is 0.138 e. The van der Waals surface area contributed by atoms with Crippen molar-refractivity contribution in [3.05, 3.63) is 28.2 Å². The monoisotopic (exact) mass is 302 g/mol. The second kappa shape index (κ2) is 7.34. The Bertz CT molecular complexity index is 408. The number of benzene rings is 1. The number of hydrogen-bond donors (Lipinski definition) is 1. The Hall–Kier alpha value is -0.480. The molecule has 0 amide bonds. The van der Waals surface area contributed by atoms with Gasteiger partial charge in [-0.2, -0.15) is 0 Å². The van der Waals surface area contributed by atoms with Crippen molar-refractivity contribution in [2.24, 2.45) is 0 Å². The molecule has 106 valence electrons. The first kappa shape index (κ1) is 14.9. The molecule has 0 aromatic heterocycles. The number of nitrogens with zero attached hydrogens (tertiary/aromatic N) is 1. The molecule has 1 aromatic carbocycles. The van der Waals surface area contributed by atoms with Crippen LogP contribution in [0.15, 0.2) is 18.2 Å². The fraction of sp³-hybridized carbons (Fsp3) is 0.571. The molecule has 0 spiro atoms. The molecule has 2 rings (SSSR count). The third-order valence-electron chi connectivity index (χ3n) is 3.49. The van der Waals surface area contributed by atoms with Crippen molar-refractivity contribution in [3.8, 4) is 5.75 Å². The van der Waals surface area contributed by atoms with Crippen molar-refractivity contribution in [1.82, 2.24) is 10.2 Å². The first-order chi connectivity index (χ1) is 9.20. The van der Waals surface area contributed by atoms with Crippen LogP contribution in [-0.4, -0.2) is 43.7 Å². The number of hydrogen-bond acceptors (Lipinski definition) is 3. The summed E-state index contributed by atoms with van der Waals surface area (Å²) in [5.74, 6) is 0.701. The minimum atomic E-state index is 0.568. The summed E-state index contributed by atoms with van der Waals surface area (Å²) in [5, 5.41) is 4.59. The molecule has 5 heteroatoms. The molecule has 1 N–H and O–H groups in total. The highest BCUT2D eigenvalue weighted by Crippen LogP contribution is 2.27. The number of halogens is 2. The topological polar surface area (TPSA) is 24.5 Å². The number of ether oxygens (including phenoxy) is 1. The molecule has 0 aliphatic carbocycles. The highest BCUT2D eigenvalue weighted by atomic mass is 35.5. The van der Waals surface area contributed by atoms with Gasteiger partial charge in [0.25, 0.3) is 0 Å². The van der Waals surface area contributed by atoms with E-state index in [2.05, 4.69) is 17.1 Å². The van der Waals surface area contributed by atoms with Crippen LogP contribution in [0.4, 0.5) is 0 Å². The van der Waals surface area contributed by atoms with E-state index in [9.17, 15) is 0 Å². The highest BCUT2D eigenvalue weighted by molar-refractivity contribution is 6.35. The van der Waals surface area contributed by atoms with Gasteiger partial charge in [-0.1, -0.05) is 30.1 Å². The quantitative estimate of drug-likeness (QED) is 0.874. The van der Waals surface area contributed by atoms with Gasteiger partial charge in [-0.15, -0.1) is 0 Å². The van der Waals surface area contributed by atoms with Gasteiger partial charge in [0.15, 0.2) is 0 Å². The normalized spacial score (nSPS) is 19.1. The van der Waals surface area contributed by atoms with Gasteiger partial charge in [-0.25, -0.2) is 0 Å². The zero-order chi connectivity index (χ0) is 13.7. The van der Waals surface area contributed by atoms with Crippen molar-refractivity contribution in [2.75, 3.05) is 32.8 Å². The Labute approximate surface area is 124 Å². The van der Waals surface area contributed by atoms with E-state index in [1.54, 1.807) is 12.1 Å².